The maximum absolute atomic E-state index is 12.2. The summed E-state index contributed by atoms with van der Waals surface area (Å²) in [5, 5.41) is 20.1. The monoisotopic (exact) mass is 328 g/mol. The van der Waals surface area contributed by atoms with Crippen LogP contribution in [0.25, 0.3) is 0 Å². The average Bonchev–Trinajstić information content (AvgIpc) is 2.18. The average molecular weight is 329 g/mol. The highest BCUT2D eigenvalue weighted by atomic mass is 79.9. The highest BCUT2D eigenvalue weighted by molar-refractivity contribution is 9.10. The van der Waals surface area contributed by atoms with Gasteiger partial charge in [0.2, 0.25) is 0 Å². The molecule has 3 N–H and O–H groups in total. The Kier molecular flexibility index (Phi) is 4.17. The standard InChI is InChI=1S/C9H8BrF3N2O3/c10-6-2-4(15(17)18)1-5(8(6)16)7(14)3-9(11,12)13/h1-2,7,16H,3,14H2/t7-/m0/s1. The van der Waals surface area contributed by atoms with Crippen LogP contribution in [-0.4, -0.2) is 16.2 Å². The van der Waals surface area contributed by atoms with E-state index in [9.17, 15) is 28.4 Å². The first-order valence-corrected chi connectivity index (χ1v) is 5.40. The second-order valence-corrected chi connectivity index (χ2v) is 4.40. The molecule has 100 valence electrons. The highest BCUT2D eigenvalue weighted by Gasteiger charge is 2.33. The molecule has 18 heavy (non-hydrogen) atoms. The van der Waals surface area contributed by atoms with Crippen molar-refractivity contribution in [1.82, 2.24) is 0 Å². The summed E-state index contributed by atoms with van der Waals surface area (Å²) in [5.41, 5.74) is 4.52. The quantitative estimate of drug-likeness (QED) is 0.659. The van der Waals surface area contributed by atoms with Gasteiger partial charge in [0.25, 0.3) is 5.69 Å². The van der Waals surface area contributed by atoms with Gasteiger partial charge in [0.05, 0.1) is 15.8 Å². The Morgan fingerprint density at radius 1 is 1.50 bits per heavy atom. The molecule has 0 aliphatic rings. The maximum atomic E-state index is 12.2. The summed E-state index contributed by atoms with van der Waals surface area (Å²) in [6, 6.07) is 0.247. The predicted octanol–water partition coefficient (Wildman–Crippen LogP) is 3.02. The van der Waals surface area contributed by atoms with E-state index >= 15 is 0 Å². The third-order valence-electron chi connectivity index (χ3n) is 2.14. The minimum absolute atomic E-state index is 0.0793. The Bertz CT molecular complexity index is 479. The fourth-order valence-electron chi connectivity index (χ4n) is 1.35. The van der Waals surface area contributed by atoms with Gasteiger partial charge in [-0.25, -0.2) is 0 Å². The van der Waals surface area contributed by atoms with Gasteiger partial charge in [-0.1, -0.05) is 0 Å². The Hall–Kier alpha value is -1.35. The van der Waals surface area contributed by atoms with Crippen LogP contribution in [0.4, 0.5) is 18.9 Å². The molecule has 0 heterocycles. The van der Waals surface area contributed by atoms with E-state index < -0.39 is 35.0 Å². The molecule has 0 unspecified atom stereocenters. The lowest BCUT2D eigenvalue weighted by Crippen LogP contribution is -2.20. The van der Waals surface area contributed by atoms with Crippen molar-refractivity contribution in [3.05, 3.63) is 32.3 Å². The summed E-state index contributed by atoms with van der Waals surface area (Å²) >= 11 is 2.82. The zero-order chi connectivity index (χ0) is 14.1. The molecule has 0 aliphatic carbocycles. The largest absolute Gasteiger partial charge is 0.506 e. The smallest absolute Gasteiger partial charge is 0.390 e. The summed E-state index contributed by atoms with van der Waals surface area (Å²) in [4.78, 5) is 9.78. The van der Waals surface area contributed by atoms with Crippen molar-refractivity contribution >= 4 is 21.6 Å². The molecule has 0 radical (unpaired) electrons. The Morgan fingerprint density at radius 2 is 2.06 bits per heavy atom. The molecule has 1 aromatic rings. The second-order valence-electron chi connectivity index (χ2n) is 3.55. The fraction of sp³-hybridized carbons (Fsp3) is 0.333. The summed E-state index contributed by atoms with van der Waals surface area (Å²) in [6.07, 6.45) is -5.91. The fourth-order valence-corrected chi connectivity index (χ4v) is 1.82. The van der Waals surface area contributed by atoms with Crippen molar-refractivity contribution in [2.75, 3.05) is 0 Å². The molecule has 1 atom stereocenters. The van der Waals surface area contributed by atoms with Crippen molar-refractivity contribution in [2.24, 2.45) is 5.73 Å². The van der Waals surface area contributed by atoms with Gasteiger partial charge in [-0.15, -0.1) is 0 Å². The number of hydrogen-bond acceptors (Lipinski definition) is 4. The Morgan fingerprint density at radius 3 is 2.50 bits per heavy atom. The van der Waals surface area contributed by atoms with Gasteiger partial charge in [0.15, 0.2) is 0 Å². The molecule has 0 spiro atoms. The summed E-state index contributed by atoms with van der Waals surface area (Å²) in [7, 11) is 0. The van der Waals surface area contributed by atoms with Crippen molar-refractivity contribution in [3.8, 4) is 5.75 Å². The molecule has 0 aromatic heterocycles. The van der Waals surface area contributed by atoms with E-state index in [1.807, 2.05) is 0 Å². The third kappa shape index (κ3) is 3.57. The number of aromatic hydroxyl groups is 1. The third-order valence-corrected chi connectivity index (χ3v) is 2.74. The van der Waals surface area contributed by atoms with Crippen molar-refractivity contribution in [3.63, 3.8) is 0 Å². The number of hydrogen-bond donors (Lipinski definition) is 2. The number of nitrogens with two attached hydrogens (primary N) is 1. The van der Waals surface area contributed by atoms with Gasteiger partial charge in [-0.05, 0) is 15.9 Å². The topological polar surface area (TPSA) is 89.4 Å². The molecule has 0 amide bonds. The maximum Gasteiger partial charge on any atom is 0.390 e. The van der Waals surface area contributed by atoms with E-state index in [0.29, 0.717) is 0 Å². The molecule has 0 fully saturated rings. The van der Waals surface area contributed by atoms with Crippen LogP contribution in [0.2, 0.25) is 0 Å². The molecule has 1 aromatic carbocycles. The van der Waals surface area contributed by atoms with E-state index in [1.165, 1.54) is 0 Å². The zero-order valence-corrected chi connectivity index (χ0v) is 10.3. The Labute approximate surface area is 108 Å². The van der Waals surface area contributed by atoms with Crippen molar-refractivity contribution in [2.45, 2.75) is 18.6 Å². The van der Waals surface area contributed by atoms with Gasteiger partial charge < -0.3 is 10.8 Å². The lowest BCUT2D eigenvalue weighted by molar-refractivity contribution is -0.385. The van der Waals surface area contributed by atoms with Crippen LogP contribution < -0.4 is 5.73 Å². The van der Waals surface area contributed by atoms with Crippen LogP contribution >= 0.6 is 15.9 Å². The van der Waals surface area contributed by atoms with E-state index in [-0.39, 0.29) is 10.0 Å². The number of nitro benzene ring substituents is 1. The van der Waals surface area contributed by atoms with Gasteiger partial charge in [0.1, 0.15) is 5.75 Å². The first kappa shape index (κ1) is 14.7. The molecule has 0 bridgehead atoms. The number of rotatable bonds is 3. The highest BCUT2D eigenvalue weighted by Crippen LogP contribution is 2.38. The van der Waals surface area contributed by atoms with Crippen LogP contribution in [0.1, 0.15) is 18.0 Å². The predicted molar refractivity (Wildman–Crippen MR) is 60.1 cm³/mol. The SMILES string of the molecule is N[C@@H](CC(F)(F)F)c1cc([N+](=O)[O-])cc(Br)c1O. The molecular weight excluding hydrogens is 321 g/mol. The molecule has 1 rings (SSSR count). The van der Waals surface area contributed by atoms with Crippen LogP contribution in [0.5, 0.6) is 5.75 Å². The normalized spacial score (nSPS) is 13.4. The van der Waals surface area contributed by atoms with Gasteiger partial charge in [-0.2, -0.15) is 13.2 Å². The van der Waals surface area contributed by atoms with Gasteiger partial charge >= 0.3 is 6.18 Å². The number of non-ortho nitro benzene ring substituents is 1. The van der Waals surface area contributed by atoms with Crippen molar-refractivity contribution in [1.29, 1.82) is 0 Å². The molecule has 0 saturated heterocycles. The van der Waals surface area contributed by atoms with Crippen LogP contribution in [0, 0.1) is 10.1 Å². The Balaban J connectivity index is 3.18. The van der Waals surface area contributed by atoms with Crippen LogP contribution in [0.15, 0.2) is 16.6 Å². The van der Waals surface area contributed by atoms with Crippen molar-refractivity contribution < 1.29 is 23.2 Å². The molecule has 5 nitrogen and oxygen atoms in total. The summed E-state index contributed by atoms with van der Waals surface area (Å²) < 4.78 is 36.4. The van der Waals surface area contributed by atoms with Gasteiger partial charge in [0, 0.05) is 23.7 Å². The van der Waals surface area contributed by atoms with Crippen LogP contribution in [-0.2, 0) is 0 Å². The first-order valence-electron chi connectivity index (χ1n) is 4.61. The molecule has 0 saturated carbocycles. The molecular formula is C9H8BrF3N2O3. The minimum atomic E-state index is -4.52. The number of halogens is 4. The summed E-state index contributed by atoms with van der Waals surface area (Å²) in [6.45, 7) is 0. The van der Waals surface area contributed by atoms with E-state index in [0.717, 1.165) is 12.1 Å². The number of benzene rings is 1. The second kappa shape index (κ2) is 5.11. The number of phenols is 1. The summed E-state index contributed by atoms with van der Waals surface area (Å²) in [5.74, 6) is -0.530. The minimum Gasteiger partial charge on any atom is -0.506 e. The van der Waals surface area contributed by atoms with E-state index in [1.54, 1.807) is 0 Å². The molecule has 9 heteroatoms. The lowest BCUT2D eigenvalue weighted by Gasteiger charge is -2.16. The van der Waals surface area contributed by atoms with Crippen LogP contribution in [0.3, 0.4) is 0 Å². The number of phenolic OH excluding ortho intramolecular Hbond substituents is 1. The number of alkyl halides is 3. The van der Waals surface area contributed by atoms with E-state index in [4.69, 9.17) is 5.73 Å². The lowest BCUT2D eigenvalue weighted by atomic mass is 10.0. The van der Waals surface area contributed by atoms with Gasteiger partial charge in [-0.3, -0.25) is 10.1 Å². The zero-order valence-electron chi connectivity index (χ0n) is 8.74. The first-order chi connectivity index (χ1) is 8.11. The molecule has 0 aliphatic heterocycles. The number of nitrogens with zero attached hydrogens (tertiary/aromatic N) is 1. The van der Waals surface area contributed by atoms with E-state index in [2.05, 4.69) is 15.9 Å². The number of nitro groups is 1.